The first-order valence-electron chi connectivity index (χ1n) is 6.97. The van der Waals surface area contributed by atoms with Gasteiger partial charge >= 0.3 is 5.82 Å². The molecule has 0 unspecified atom stereocenters. The fourth-order valence-corrected chi connectivity index (χ4v) is 2.45. The average molecular weight is 385 g/mol. The van der Waals surface area contributed by atoms with Crippen LogP contribution in [0.1, 0.15) is 18.3 Å². The van der Waals surface area contributed by atoms with Crippen molar-refractivity contribution >= 4 is 27.7 Å². The number of likely N-dealkylation sites (N-methyl/N-ethyl adjacent to an activating group) is 1. The number of rotatable bonds is 6. The summed E-state index contributed by atoms with van der Waals surface area (Å²) in [6, 6.07) is 1.86. The Labute approximate surface area is 141 Å². The molecule has 0 aromatic carbocycles. The summed E-state index contributed by atoms with van der Waals surface area (Å²) in [6.07, 6.45) is 1.85. The highest BCUT2D eigenvalue weighted by atomic mass is 79.9. The van der Waals surface area contributed by atoms with Gasteiger partial charge in [-0.25, -0.2) is 0 Å². The molecule has 0 N–H and O–H groups in total. The van der Waals surface area contributed by atoms with Crippen LogP contribution in [0.15, 0.2) is 16.7 Å². The SMILES string of the molecule is CCn1ccc(CN(C)C(=O)Cn2nc([N+](=O)[O-])c(Br)c2C)n1. The van der Waals surface area contributed by atoms with Crippen LogP contribution in [0.25, 0.3) is 0 Å². The zero-order chi connectivity index (χ0) is 17.1. The number of nitrogens with zero attached hydrogens (tertiary/aromatic N) is 6. The number of carbonyl (C=O) groups excluding carboxylic acids is 1. The van der Waals surface area contributed by atoms with Gasteiger partial charge in [-0.3, -0.25) is 9.48 Å². The highest BCUT2D eigenvalue weighted by Crippen LogP contribution is 2.26. The van der Waals surface area contributed by atoms with Crippen LogP contribution in [0.2, 0.25) is 0 Å². The van der Waals surface area contributed by atoms with Crippen molar-refractivity contribution in [2.45, 2.75) is 33.5 Å². The minimum atomic E-state index is -0.584. The van der Waals surface area contributed by atoms with Crippen LogP contribution in [0.3, 0.4) is 0 Å². The van der Waals surface area contributed by atoms with Gasteiger partial charge in [0.15, 0.2) is 0 Å². The van der Waals surface area contributed by atoms with Gasteiger partial charge in [-0.2, -0.15) is 9.78 Å². The van der Waals surface area contributed by atoms with Crippen LogP contribution >= 0.6 is 15.9 Å². The predicted octanol–water partition coefficient (Wildman–Crippen LogP) is 1.74. The number of hydrogen-bond donors (Lipinski definition) is 0. The molecule has 0 saturated heterocycles. The quantitative estimate of drug-likeness (QED) is 0.557. The second kappa shape index (κ2) is 6.90. The molecule has 0 aliphatic heterocycles. The van der Waals surface area contributed by atoms with Crippen molar-refractivity contribution in [1.29, 1.82) is 0 Å². The number of aryl methyl sites for hydroxylation is 1. The second-order valence-electron chi connectivity index (χ2n) is 5.05. The number of aromatic nitrogens is 4. The molecule has 10 heteroatoms. The van der Waals surface area contributed by atoms with Crippen LogP contribution in [0.4, 0.5) is 5.82 Å². The van der Waals surface area contributed by atoms with E-state index < -0.39 is 4.92 Å². The Morgan fingerprint density at radius 3 is 2.70 bits per heavy atom. The molecular weight excluding hydrogens is 368 g/mol. The zero-order valence-corrected chi connectivity index (χ0v) is 14.6. The Bertz CT molecular complexity index is 738. The van der Waals surface area contributed by atoms with E-state index >= 15 is 0 Å². The summed E-state index contributed by atoms with van der Waals surface area (Å²) in [6.45, 7) is 4.72. The normalized spacial score (nSPS) is 10.8. The Kier molecular flexibility index (Phi) is 5.14. The topological polar surface area (TPSA) is 99.1 Å². The Morgan fingerprint density at radius 1 is 1.48 bits per heavy atom. The van der Waals surface area contributed by atoms with Crippen LogP contribution in [0, 0.1) is 17.0 Å². The molecule has 2 aromatic rings. The Balaban J connectivity index is 2.06. The molecule has 0 saturated carbocycles. The van der Waals surface area contributed by atoms with Gasteiger partial charge in [-0.05, 0) is 40.8 Å². The molecule has 2 heterocycles. The number of hydrogen-bond acceptors (Lipinski definition) is 5. The van der Waals surface area contributed by atoms with Crippen molar-refractivity contribution in [3.8, 4) is 0 Å². The van der Waals surface area contributed by atoms with Gasteiger partial charge < -0.3 is 15.0 Å². The lowest BCUT2D eigenvalue weighted by Crippen LogP contribution is -2.30. The first-order chi connectivity index (χ1) is 10.8. The molecule has 0 aliphatic rings. The predicted molar refractivity (Wildman–Crippen MR) is 85.7 cm³/mol. The Hall–Kier alpha value is -2.23. The summed E-state index contributed by atoms with van der Waals surface area (Å²) in [7, 11) is 1.66. The molecule has 2 rings (SSSR count). The lowest BCUT2D eigenvalue weighted by atomic mass is 10.4. The second-order valence-corrected chi connectivity index (χ2v) is 5.84. The summed E-state index contributed by atoms with van der Waals surface area (Å²) in [5.41, 5.74) is 1.32. The van der Waals surface area contributed by atoms with Crippen molar-refractivity contribution in [2.75, 3.05) is 7.05 Å². The summed E-state index contributed by atoms with van der Waals surface area (Å²) in [5, 5.41) is 19.1. The maximum absolute atomic E-state index is 12.3. The minimum absolute atomic E-state index is 0.0662. The molecule has 0 atom stereocenters. The summed E-state index contributed by atoms with van der Waals surface area (Å²) in [4.78, 5) is 24.1. The van der Waals surface area contributed by atoms with Gasteiger partial charge in [0.1, 0.15) is 11.0 Å². The van der Waals surface area contributed by atoms with Crippen LogP contribution in [-0.2, 0) is 24.4 Å². The molecule has 0 fully saturated rings. The van der Waals surface area contributed by atoms with Crippen molar-refractivity contribution in [1.82, 2.24) is 24.5 Å². The number of carbonyl (C=O) groups is 1. The molecule has 9 nitrogen and oxygen atoms in total. The maximum atomic E-state index is 12.3. The third-order valence-corrected chi connectivity index (χ3v) is 4.35. The van der Waals surface area contributed by atoms with E-state index in [4.69, 9.17) is 0 Å². The van der Waals surface area contributed by atoms with Gasteiger partial charge in [0, 0.05) is 19.8 Å². The van der Waals surface area contributed by atoms with Gasteiger partial charge in [0.25, 0.3) is 0 Å². The van der Waals surface area contributed by atoms with Crippen LogP contribution < -0.4 is 0 Å². The van der Waals surface area contributed by atoms with E-state index in [-0.39, 0.29) is 18.3 Å². The van der Waals surface area contributed by atoms with Gasteiger partial charge in [0.05, 0.1) is 23.0 Å². The first kappa shape index (κ1) is 17.1. The Morgan fingerprint density at radius 2 is 2.17 bits per heavy atom. The lowest BCUT2D eigenvalue weighted by molar-refractivity contribution is -0.390. The molecule has 124 valence electrons. The third kappa shape index (κ3) is 3.76. The molecule has 0 aliphatic carbocycles. The van der Waals surface area contributed by atoms with Gasteiger partial charge in [-0.15, -0.1) is 0 Å². The summed E-state index contributed by atoms with van der Waals surface area (Å²) < 4.78 is 3.40. The minimum Gasteiger partial charge on any atom is -0.358 e. The van der Waals surface area contributed by atoms with E-state index in [1.807, 2.05) is 19.2 Å². The van der Waals surface area contributed by atoms with E-state index in [1.165, 1.54) is 9.58 Å². The molecular formula is C13H17BrN6O3. The largest absolute Gasteiger partial charge is 0.404 e. The van der Waals surface area contributed by atoms with Crippen molar-refractivity contribution in [3.63, 3.8) is 0 Å². The summed E-state index contributed by atoms with van der Waals surface area (Å²) >= 11 is 3.13. The molecule has 0 spiro atoms. The molecule has 0 radical (unpaired) electrons. The van der Waals surface area contributed by atoms with E-state index in [0.717, 1.165) is 12.2 Å². The molecule has 23 heavy (non-hydrogen) atoms. The van der Waals surface area contributed by atoms with Crippen molar-refractivity contribution in [3.05, 3.63) is 38.2 Å². The monoisotopic (exact) mass is 384 g/mol. The highest BCUT2D eigenvalue weighted by molar-refractivity contribution is 9.10. The van der Waals surface area contributed by atoms with E-state index in [2.05, 4.69) is 26.1 Å². The van der Waals surface area contributed by atoms with E-state index in [9.17, 15) is 14.9 Å². The molecule has 0 bridgehead atoms. The third-order valence-electron chi connectivity index (χ3n) is 3.42. The average Bonchev–Trinajstić information content (AvgIpc) is 3.06. The summed E-state index contributed by atoms with van der Waals surface area (Å²) in [5.74, 6) is -0.497. The van der Waals surface area contributed by atoms with E-state index in [0.29, 0.717) is 16.7 Å². The first-order valence-corrected chi connectivity index (χ1v) is 7.76. The van der Waals surface area contributed by atoms with Gasteiger partial charge in [0.2, 0.25) is 5.91 Å². The van der Waals surface area contributed by atoms with Gasteiger partial charge in [-0.1, -0.05) is 0 Å². The smallest absolute Gasteiger partial charge is 0.358 e. The number of nitro groups is 1. The lowest BCUT2D eigenvalue weighted by Gasteiger charge is -2.15. The van der Waals surface area contributed by atoms with Crippen molar-refractivity contribution in [2.24, 2.45) is 0 Å². The number of halogens is 1. The fourth-order valence-electron chi connectivity index (χ4n) is 2.02. The standard InChI is InChI=1S/C13H17BrN6O3/c1-4-18-6-5-10(15-18)7-17(3)11(21)8-19-9(2)12(14)13(16-19)20(22)23/h5-6H,4,7-8H2,1-3H3. The molecule has 2 aromatic heterocycles. The molecule has 1 amide bonds. The fraction of sp³-hybridized carbons (Fsp3) is 0.462. The van der Waals surface area contributed by atoms with E-state index in [1.54, 1.807) is 18.7 Å². The van der Waals surface area contributed by atoms with Crippen LogP contribution in [0.5, 0.6) is 0 Å². The van der Waals surface area contributed by atoms with Crippen molar-refractivity contribution < 1.29 is 9.72 Å². The van der Waals surface area contributed by atoms with Crippen LogP contribution in [-0.4, -0.2) is 42.3 Å². The zero-order valence-electron chi connectivity index (χ0n) is 13.1. The highest BCUT2D eigenvalue weighted by Gasteiger charge is 2.25. The number of amides is 1. The maximum Gasteiger partial charge on any atom is 0.404 e.